The predicted molar refractivity (Wildman–Crippen MR) is 155 cm³/mol. The molecule has 0 aliphatic carbocycles. The van der Waals surface area contributed by atoms with Gasteiger partial charge in [-0.25, -0.2) is 8.42 Å². The molecule has 0 aliphatic rings. The van der Waals surface area contributed by atoms with Crippen LogP contribution < -0.4 is 16.0 Å². The molecule has 2 aromatic rings. The first-order chi connectivity index (χ1) is 18.8. The standard InChI is InChI=1S/C30H41N3O6S/c1-20(2)17-27(31-22(5)34)30(37)33-28(18-21(3)4)29(36)32-24(19-23-11-13-25(35)14-12-23)15-16-40(38,39)26-9-7-6-8-10-26/h6-16,20-21,24,27-28,35H,17-19H2,1-5H3,(H,31,34)(H,32,36)(H,33,37)/t24-,27+,28+/m1/s1. The normalized spacial score (nSPS) is 14.1. The molecule has 3 atom stereocenters. The molecule has 2 aromatic carbocycles. The number of rotatable bonds is 14. The van der Waals surface area contributed by atoms with Gasteiger partial charge in [-0.15, -0.1) is 0 Å². The average molecular weight is 572 g/mol. The predicted octanol–water partition coefficient (Wildman–Crippen LogP) is 3.49. The van der Waals surface area contributed by atoms with E-state index in [2.05, 4.69) is 16.0 Å². The molecule has 0 aromatic heterocycles. The summed E-state index contributed by atoms with van der Waals surface area (Å²) < 4.78 is 25.7. The zero-order valence-electron chi connectivity index (χ0n) is 23.8. The lowest BCUT2D eigenvalue weighted by atomic mass is 9.99. The number of carbonyl (C=O) groups excluding carboxylic acids is 3. The Morgan fingerprint density at radius 2 is 1.32 bits per heavy atom. The summed E-state index contributed by atoms with van der Waals surface area (Å²) in [4.78, 5) is 38.4. The highest BCUT2D eigenvalue weighted by Crippen LogP contribution is 2.16. The van der Waals surface area contributed by atoms with Crippen LogP contribution in [0.5, 0.6) is 5.75 Å². The molecule has 4 N–H and O–H groups in total. The number of hydrogen-bond donors (Lipinski definition) is 4. The van der Waals surface area contributed by atoms with Crippen molar-refractivity contribution >= 4 is 27.6 Å². The van der Waals surface area contributed by atoms with Crippen molar-refractivity contribution in [3.8, 4) is 5.75 Å². The van der Waals surface area contributed by atoms with Crippen LogP contribution in [0.3, 0.4) is 0 Å². The molecular weight excluding hydrogens is 530 g/mol. The van der Waals surface area contributed by atoms with Crippen molar-refractivity contribution in [2.75, 3.05) is 0 Å². The fourth-order valence-electron chi connectivity index (χ4n) is 4.15. The fourth-order valence-corrected chi connectivity index (χ4v) is 5.24. The molecule has 0 spiro atoms. The first-order valence-corrected chi connectivity index (χ1v) is 15.0. The van der Waals surface area contributed by atoms with E-state index in [9.17, 15) is 27.9 Å². The van der Waals surface area contributed by atoms with Gasteiger partial charge in [-0.2, -0.15) is 0 Å². The summed E-state index contributed by atoms with van der Waals surface area (Å²) in [5.74, 6) is -0.997. The van der Waals surface area contributed by atoms with Crippen LogP contribution in [0.4, 0.5) is 0 Å². The van der Waals surface area contributed by atoms with E-state index >= 15 is 0 Å². The van der Waals surface area contributed by atoms with Gasteiger partial charge < -0.3 is 21.1 Å². The van der Waals surface area contributed by atoms with Gasteiger partial charge in [-0.1, -0.05) is 64.1 Å². The van der Waals surface area contributed by atoms with Crippen LogP contribution in [0.2, 0.25) is 0 Å². The van der Waals surface area contributed by atoms with Crippen molar-refractivity contribution in [3.05, 3.63) is 71.6 Å². The van der Waals surface area contributed by atoms with E-state index in [1.807, 2.05) is 27.7 Å². The quantitative estimate of drug-likeness (QED) is 0.274. The summed E-state index contributed by atoms with van der Waals surface area (Å²) >= 11 is 0. The highest BCUT2D eigenvalue weighted by Gasteiger charge is 2.28. The van der Waals surface area contributed by atoms with Gasteiger partial charge in [0.1, 0.15) is 17.8 Å². The van der Waals surface area contributed by atoms with Crippen LogP contribution in [-0.4, -0.2) is 49.4 Å². The summed E-state index contributed by atoms with van der Waals surface area (Å²) in [6.45, 7) is 9.05. The van der Waals surface area contributed by atoms with Gasteiger partial charge in [0.25, 0.3) is 0 Å². The summed E-state index contributed by atoms with van der Waals surface area (Å²) in [5, 5.41) is 19.0. The Labute approximate surface area is 237 Å². The number of carbonyl (C=O) groups is 3. The van der Waals surface area contributed by atoms with Crippen molar-refractivity contribution < 1.29 is 27.9 Å². The average Bonchev–Trinajstić information content (AvgIpc) is 2.87. The Hall–Kier alpha value is -3.66. The van der Waals surface area contributed by atoms with Crippen LogP contribution in [-0.2, 0) is 30.6 Å². The van der Waals surface area contributed by atoms with E-state index in [0.717, 1.165) is 11.0 Å². The highest BCUT2D eigenvalue weighted by molar-refractivity contribution is 7.94. The number of benzene rings is 2. The minimum Gasteiger partial charge on any atom is -0.508 e. The molecule has 0 unspecified atom stereocenters. The number of sulfone groups is 1. The maximum atomic E-state index is 13.5. The summed E-state index contributed by atoms with van der Waals surface area (Å²) in [6, 6.07) is 11.9. The Morgan fingerprint density at radius 1 is 0.800 bits per heavy atom. The third-order valence-electron chi connectivity index (χ3n) is 6.02. The van der Waals surface area contributed by atoms with E-state index in [1.54, 1.807) is 30.3 Å². The second kappa shape index (κ2) is 15.2. The Morgan fingerprint density at radius 3 is 1.85 bits per heavy atom. The zero-order valence-corrected chi connectivity index (χ0v) is 24.6. The first-order valence-electron chi connectivity index (χ1n) is 13.4. The summed E-state index contributed by atoms with van der Waals surface area (Å²) in [7, 11) is -3.76. The molecule has 0 radical (unpaired) electrons. The van der Waals surface area contributed by atoms with Gasteiger partial charge in [-0.3, -0.25) is 14.4 Å². The molecule has 3 amide bonds. The first kappa shape index (κ1) is 32.6. The number of phenols is 1. The molecule has 0 aliphatic heterocycles. The number of aromatic hydroxyl groups is 1. The lowest BCUT2D eigenvalue weighted by Gasteiger charge is -2.26. The molecule has 218 valence electrons. The maximum absolute atomic E-state index is 13.5. The van der Waals surface area contributed by atoms with Gasteiger partial charge in [0, 0.05) is 12.3 Å². The minimum absolute atomic E-state index is 0.0601. The summed E-state index contributed by atoms with van der Waals surface area (Å²) in [6.07, 6.45) is 2.41. The number of nitrogens with one attached hydrogen (secondary N) is 3. The highest BCUT2D eigenvalue weighted by atomic mass is 32.2. The molecular formula is C30H41N3O6S. The van der Waals surface area contributed by atoms with Crippen LogP contribution >= 0.6 is 0 Å². The van der Waals surface area contributed by atoms with E-state index in [1.165, 1.54) is 37.3 Å². The van der Waals surface area contributed by atoms with E-state index in [4.69, 9.17) is 0 Å². The van der Waals surface area contributed by atoms with Crippen molar-refractivity contribution in [1.29, 1.82) is 0 Å². The van der Waals surface area contributed by atoms with Crippen LogP contribution in [0.15, 0.2) is 71.0 Å². The van der Waals surface area contributed by atoms with Crippen molar-refractivity contribution in [2.24, 2.45) is 11.8 Å². The Bertz CT molecular complexity index is 1260. The topological polar surface area (TPSA) is 142 Å². The zero-order chi connectivity index (χ0) is 29.9. The lowest BCUT2D eigenvalue weighted by Crippen LogP contribution is -2.55. The van der Waals surface area contributed by atoms with Crippen LogP contribution in [0, 0.1) is 11.8 Å². The van der Waals surface area contributed by atoms with E-state index in [-0.39, 0.29) is 34.8 Å². The molecule has 0 bridgehead atoms. The monoisotopic (exact) mass is 571 g/mol. The Kier molecular flexibility index (Phi) is 12.4. The van der Waals surface area contributed by atoms with Crippen molar-refractivity contribution in [3.63, 3.8) is 0 Å². The fraction of sp³-hybridized carbons (Fsp3) is 0.433. The molecule has 0 saturated heterocycles. The lowest BCUT2D eigenvalue weighted by molar-refractivity contribution is -0.132. The van der Waals surface area contributed by atoms with Gasteiger partial charge in [0.15, 0.2) is 9.84 Å². The van der Waals surface area contributed by atoms with Gasteiger partial charge in [0.2, 0.25) is 17.7 Å². The molecule has 2 rings (SSSR count). The molecule has 0 saturated carbocycles. The number of phenolic OH excluding ortho intramolecular Hbond substituents is 1. The van der Waals surface area contributed by atoms with Crippen LogP contribution in [0.1, 0.15) is 53.0 Å². The third-order valence-corrected chi connectivity index (χ3v) is 7.47. The second-order valence-corrected chi connectivity index (χ2v) is 12.6. The van der Waals surface area contributed by atoms with E-state index in [0.29, 0.717) is 12.8 Å². The van der Waals surface area contributed by atoms with Gasteiger partial charge in [0.05, 0.1) is 10.9 Å². The van der Waals surface area contributed by atoms with Gasteiger partial charge >= 0.3 is 0 Å². The van der Waals surface area contributed by atoms with Crippen LogP contribution in [0.25, 0.3) is 0 Å². The third kappa shape index (κ3) is 11.2. The molecule has 0 heterocycles. The molecule has 10 heteroatoms. The Balaban J connectivity index is 2.31. The van der Waals surface area contributed by atoms with Gasteiger partial charge in [-0.05, 0) is 60.9 Å². The minimum atomic E-state index is -3.76. The summed E-state index contributed by atoms with van der Waals surface area (Å²) in [5.41, 5.74) is 0.761. The molecule has 9 nitrogen and oxygen atoms in total. The maximum Gasteiger partial charge on any atom is 0.243 e. The van der Waals surface area contributed by atoms with Crippen molar-refractivity contribution in [2.45, 2.75) is 76.9 Å². The number of hydrogen-bond acceptors (Lipinski definition) is 6. The molecule has 40 heavy (non-hydrogen) atoms. The van der Waals surface area contributed by atoms with Crippen molar-refractivity contribution in [1.82, 2.24) is 16.0 Å². The second-order valence-electron chi connectivity index (χ2n) is 10.7. The number of amides is 3. The largest absolute Gasteiger partial charge is 0.508 e. The SMILES string of the molecule is CC(=O)N[C@@H](CC(C)C)C(=O)N[C@@H](CC(C)C)C(=O)N[C@H](C=CS(=O)(=O)c1ccccc1)Cc1ccc(O)cc1. The van der Waals surface area contributed by atoms with E-state index < -0.39 is 39.8 Å². The molecule has 0 fully saturated rings. The smallest absolute Gasteiger partial charge is 0.243 e.